The van der Waals surface area contributed by atoms with Crippen molar-refractivity contribution in [3.05, 3.63) is 69.7 Å². The molecular formula is C25H25Cl2NO7. The molecule has 0 saturated carbocycles. The molecule has 1 atom stereocenters. The van der Waals surface area contributed by atoms with E-state index in [-0.39, 0.29) is 52.4 Å². The van der Waals surface area contributed by atoms with Gasteiger partial charge in [0.1, 0.15) is 23.1 Å². The molecule has 0 bridgehead atoms. The van der Waals surface area contributed by atoms with E-state index in [9.17, 15) is 14.7 Å². The SMILES string of the molecule is C=CCOc1cccc(C2/C(=C(\O)c3cc(Cl)c(OC)c(Cl)c3OC)C(=O)C(=O)N2CCOC)c1. The second-order valence-corrected chi connectivity index (χ2v) is 8.23. The number of carbonyl (C=O) groups excluding carboxylic acids is 2. The smallest absolute Gasteiger partial charge is 0.295 e. The molecule has 0 radical (unpaired) electrons. The lowest BCUT2D eigenvalue weighted by molar-refractivity contribution is -0.140. The largest absolute Gasteiger partial charge is 0.507 e. The molecule has 1 heterocycles. The number of halogens is 2. The van der Waals surface area contributed by atoms with Crippen LogP contribution in [0.1, 0.15) is 17.2 Å². The second-order valence-electron chi connectivity index (χ2n) is 7.44. The predicted octanol–water partition coefficient (Wildman–Crippen LogP) is 4.64. The first-order chi connectivity index (χ1) is 16.8. The highest BCUT2D eigenvalue weighted by Gasteiger charge is 2.46. The quantitative estimate of drug-likeness (QED) is 0.210. The molecule has 35 heavy (non-hydrogen) atoms. The van der Waals surface area contributed by atoms with Gasteiger partial charge in [0.15, 0.2) is 11.5 Å². The Hall–Kier alpha value is -3.20. The van der Waals surface area contributed by atoms with Gasteiger partial charge < -0.3 is 29.0 Å². The number of ketones is 1. The summed E-state index contributed by atoms with van der Waals surface area (Å²) in [5.74, 6) is -1.45. The number of nitrogens with zero attached hydrogens (tertiary/aromatic N) is 1. The summed E-state index contributed by atoms with van der Waals surface area (Å²) in [5, 5.41) is 11.5. The van der Waals surface area contributed by atoms with Gasteiger partial charge in [0.05, 0.1) is 43.0 Å². The number of rotatable bonds is 10. The van der Waals surface area contributed by atoms with E-state index in [1.807, 2.05) is 0 Å². The predicted molar refractivity (Wildman–Crippen MR) is 133 cm³/mol. The monoisotopic (exact) mass is 521 g/mol. The number of carbonyl (C=O) groups is 2. The standard InChI is InChI=1S/C25H25Cl2NO7/c1-5-10-35-15-8-6-7-14(12-15)20-18(22(30)25(31)28(20)9-11-32-2)21(29)16-13-17(26)24(34-4)19(27)23(16)33-3/h5-8,12-13,20,29H,1,9-11H2,2-4H3/b21-18+. The van der Waals surface area contributed by atoms with E-state index in [0.29, 0.717) is 11.3 Å². The molecule has 1 saturated heterocycles. The number of Topliss-reactive ketones (excluding diaryl/α,β-unsaturated/α-hetero) is 1. The summed E-state index contributed by atoms with van der Waals surface area (Å²) in [6.07, 6.45) is 1.60. The minimum atomic E-state index is -0.929. The van der Waals surface area contributed by atoms with E-state index in [0.717, 1.165) is 0 Å². The highest BCUT2D eigenvalue weighted by molar-refractivity contribution is 6.47. The Morgan fingerprint density at radius 3 is 2.49 bits per heavy atom. The Kier molecular flexibility index (Phi) is 8.67. The summed E-state index contributed by atoms with van der Waals surface area (Å²) >= 11 is 12.7. The lowest BCUT2D eigenvalue weighted by Gasteiger charge is -2.25. The molecule has 3 rings (SSSR count). The normalized spacial score (nSPS) is 16.9. The number of methoxy groups -OCH3 is 3. The maximum Gasteiger partial charge on any atom is 0.295 e. The third-order valence-corrected chi connectivity index (χ3v) is 6.04. The van der Waals surface area contributed by atoms with Gasteiger partial charge in [-0.15, -0.1) is 0 Å². The summed E-state index contributed by atoms with van der Waals surface area (Å²) in [4.78, 5) is 27.6. The molecule has 10 heteroatoms. The molecule has 1 aliphatic heterocycles. The minimum absolute atomic E-state index is 0.00836. The van der Waals surface area contributed by atoms with Crippen molar-refractivity contribution >= 4 is 40.7 Å². The van der Waals surface area contributed by atoms with Gasteiger partial charge in [-0.1, -0.05) is 48.0 Å². The Balaban J connectivity index is 2.26. The van der Waals surface area contributed by atoms with Crippen LogP contribution < -0.4 is 14.2 Å². The van der Waals surface area contributed by atoms with Crippen LogP contribution in [0, 0.1) is 0 Å². The van der Waals surface area contributed by atoms with Gasteiger partial charge in [0.2, 0.25) is 0 Å². The fourth-order valence-corrected chi connectivity index (χ4v) is 4.56. The number of hydrogen-bond acceptors (Lipinski definition) is 7. The van der Waals surface area contributed by atoms with Crippen molar-refractivity contribution in [2.24, 2.45) is 0 Å². The van der Waals surface area contributed by atoms with Crippen LogP contribution >= 0.6 is 23.2 Å². The summed E-state index contributed by atoms with van der Waals surface area (Å²) in [5.41, 5.74) is 0.438. The average molecular weight is 522 g/mol. The molecule has 2 aromatic rings. The molecular weight excluding hydrogens is 497 g/mol. The van der Waals surface area contributed by atoms with Crippen molar-refractivity contribution in [2.45, 2.75) is 6.04 Å². The average Bonchev–Trinajstić information content (AvgIpc) is 3.10. The molecule has 0 aromatic heterocycles. The fourth-order valence-electron chi connectivity index (χ4n) is 3.87. The van der Waals surface area contributed by atoms with Gasteiger partial charge in [-0.2, -0.15) is 0 Å². The number of hydrogen-bond donors (Lipinski definition) is 1. The topological polar surface area (TPSA) is 94.5 Å². The van der Waals surface area contributed by atoms with E-state index in [1.54, 1.807) is 30.3 Å². The van der Waals surface area contributed by atoms with Gasteiger partial charge in [-0.05, 0) is 23.8 Å². The van der Waals surface area contributed by atoms with Crippen LogP contribution in [0.4, 0.5) is 0 Å². The molecule has 1 unspecified atom stereocenters. The first kappa shape index (κ1) is 26.4. The number of aliphatic hydroxyl groups excluding tert-OH is 1. The Morgan fingerprint density at radius 1 is 1.14 bits per heavy atom. The summed E-state index contributed by atoms with van der Waals surface area (Å²) in [6, 6.07) is 7.32. The summed E-state index contributed by atoms with van der Waals surface area (Å²) in [7, 11) is 4.22. The van der Waals surface area contributed by atoms with Crippen molar-refractivity contribution in [3.63, 3.8) is 0 Å². The Labute approximate surface area is 213 Å². The Bertz CT molecular complexity index is 1180. The van der Waals surface area contributed by atoms with Crippen molar-refractivity contribution in [2.75, 3.05) is 41.1 Å². The zero-order chi connectivity index (χ0) is 25.7. The van der Waals surface area contributed by atoms with E-state index in [2.05, 4.69) is 6.58 Å². The van der Waals surface area contributed by atoms with Crippen LogP contribution in [0.5, 0.6) is 17.2 Å². The zero-order valence-corrected chi connectivity index (χ0v) is 21.0. The van der Waals surface area contributed by atoms with Gasteiger partial charge in [-0.3, -0.25) is 9.59 Å². The first-order valence-electron chi connectivity index (χ1n) is 10.5. The second kappa shape index (κ2) is 11.5. The highest BCUT2D eigenvalue weighted by Crippen LogP contribution is 2.47. The third-order valence-electron chi connectivity index (χ3n) is 5.41. The van der Waals surface area contributed by atoms with Gasteiger partial charge in [0, 0.05) is 13.7 Å². The maximum absolute atomic E-state index is 13.2. The van der Waals surface area contributed by atoms with Crippen LogP contribution in [-0.2, 0) is 14.3 Å². The molecule has 1 aliphatic rings. The van der Waals surface area contributed by atoms with E-state index in [1.165, 1.54) is 32.3 Å². The minimum Gasteiger partial charge on any atom is -0.507 e. The molecule has 0 spiro atoms. The van der Waals surface area contributed by atoms with Crippen LogP contribution in [0.2, 0.25) is 10.0 Å². The summed E-state index contributed by atoms with van der Waals surface area (Å²) in [6.45, 7) is 4.20. The van der Waals surface area contributed by atoms with Crippen LogP contribution in [-0.4, -0.2) is 62.8 Å². The number of benzene rings is 2. The number of likely N-dealkylation sites (tertiary alicyclic amines) is 1. The Morgan fingerprint density at radius 2 is 1.86 bits per heavy atom. The molecule has 186 valence electrons. The van der Waals surface area contributed by atoms with Crippen molar-refractivity contribution in [3.8, 4) is 17.2 Å². The number of aliphatic hydroxyl groups is 1. The highest BCUT2D eigenvalue weighted by atomic mass is 35.5. The zero-order valence-electron chi connectivity index (χ0n) is 19.5. The van der Waals surface area contributed by atoms with E-state index in [4.69, 9.17) is 42.1 Å². The molecule has 1 amide bonds. The van der Waals surface area contributed by atoms with Gasteiger partial charge >= 0.3 is 0 Å². The molecule has 8 nitrogen and oxygen atoms in total. The van der Waals surface area contributed by atoms with Crippen LogP contribution in [0.15, 0.2) is 48.6 Å². The lowest BCUT2D eigenvalue weighted by Crippen LogP contribution is -2.32. The van der Waals surface area contributed by atoms with Crippen LogP contribution in [0.3, 0.4) is 0 Å². The fraction of sp³-hybridized carbons (Fsp3) is 0.280. The lowest BCUT2D eigenvalue weighted by atomic mass is 9.94. The van der Waals surface area contributed by atoms with Crippen molar-refractivity contribution < 1.29 is 33.6 Å². The molecule has 1 fully saturated rings. The van der Waals surface area contributed by atoms with E-state index >= 15 is 0 Å². The molecule has 1 N–H and O–H groups in total. The number of amides is 1. The van der Waals surface area contributed by atoms with E-state index < -0.39 is 23.5 Å². The van der Waals surface area contributed by atoms with Crippen molar-refractivity contribution in [1.29, 1.82) is 0 Å². The van der Waals surface area contributed by atoms with Crippen LogP contribution in [0.25, 0.3) is 5.76 Å². The first-order valence-corrected chi connectivity index (χ1v) is 11.3. The number of ether oxygens (including phenoxy) is 4. The van der Waals surface area contributed by atoms with Gasteiger partial charge in [0.25, 0.3) is 11.7 Å². The van der Waals surface area contributed by atoms with Crippen molar-refractivity contribution in [1.82, 2.24) is 4.90 Å². The van der Waals surface area contributed by atoms with Gasteiger partial charge in [-0.25, -0.2) is 0 Å². The molecule has 2 aromatic carbocycles. The maximum atomic E-state index is 13.2. The third kappa shape index (κ3) is 5.10. The molecule has 0 aliphatic carbocycles. The summed E-state index contributed by atoms with van der Waals surface area (Å²) < 4.78 is 21.4.